The number of nitrogens with zero attached hydrogens (tertiary/aromatic N) is 4. The van der Waals surface area contributed by atoms with Crippen LogP contribution in [-0.2, 0) is 14.9 Å². The van der Waals surface area contributed by atoms with Gasteiger partial charge in [0.1, 0.15) is 18.8 Å². The van der Waals surface area contributed by atoms with E-state index in [4.69, 9.17) is 4.74 Å². The van der Waals surface area contributed by atoms with Gasteiger partial charge in [0.05, 0.1) is 16.5 Å². The SMILES string of the molecule is COC(=O)N1C(COc2ncc([N+](=O)[O-])cc2Br)CN(C)S1(=O)=O. The van der Waals surface area contributed by atoms with Crippen LogP contribution in [0.15, 0.2) is 16.7 Å². The Kier molecular flexibility index (Phi) is 5.25. The summed E-state index contributed by atoms with van der Waals surface area (Å²) in [6.07, 6.45) is -0.0148. The van der Waals surface area contributed by atoms with Crippen molar-refractivity contribution < 1.29 is 27.6 Å². The highest BCUT2D eigenvalue weighted by Gasteiger charge is 2.46. The summed E-state index contributed by atoms with van der Waals surface area (Å²) in [6.45, 7) is -0.176. The van der Waals surface area contributed by atoms with Crippen LogP contribution in [0.5, 0.6) is 5.88 Å². The normalized spacial score (nSPS) is 20.0. The summed E-state index contributed by atoms with van der Waals surface area (Å²) < 4.78 is 35.9. The predicted octanol–water partition coefficient (Wildman–Crippen LogP) is 0.758. The van der Waals surface area contributed by atoms with E-state index in [9.17, 15) is 23.3 Å². The van der Waals surface area contributed by atoms with E-state index in [0.29, 0.717) is 4.31 Å². The van der Waals surface area contributed by atoms with Crippen LogP contribution in [0, 0.1) is 10.1 Å². The van der Waals surface area contributed by atoms with Crippen molar-refractivity contribution in [3.8, 4) is 5.88 Å². The van der Waals surface area contributed by atoms with Gasteiger partial charge in [0, 0.05) is 19.7 Å². The van der Waals surface area contributed by atoms with Gasteiger partial charge in [-0.3, -0.25) is 10.1 Å². The lowest BCUT2D eigenvalue weighted by molar-refractivity contribution is -0.385. The van der Waals surface area contributed by atoms with Gasteiger partial charge in [0.15, 0.2) is 0 Å². The predicted molar refractivity (Wildman–Crippen MR) is 83.7 cm³/mol. The van der Waals surface area contributed by atoms with E-state index in [1.165, 1.54) is 13.1 Å². The molecule has 1 fully saturated rings. The van der Waals surface area contributed by atoms with E-state index in [0.717, 1.165) is 17.6 Å². The molecule has 0 aliphatic carbocycles. The average Bonchev–Trinajstić information content (AvgIpc) is 2.74. The van der Waals surface area contributed by atoms with Crippen molar-refractivity contribution in [3.63, 3.8) is 0 Å². The number of hydrogen-bond acceptors (Lipinski definition) is 8. The number of carbonyl (C=O) groups is 1. The van der Waals surface area contributed by atoms with E-state index in [1.54, 1.807) is 0 Å². The number of methoxy groups -OCH3 is 1. The Labute approximate surface area is 145 Å². The molecule has 11 nitrogen and oxygen atoms in total. The largest absolute Gasteiger partial charge is 0.475 e. The lowest BCUT2D eigenvalue weighted by Gasteiger charge is -2.20. The summed E-state index contributed by atoms with van der Waals surface area (Å²) in [7, 11) is -1.57. The molecule has 1 atom stereocenters. The highest BCUT2D eigenvalue weighted by atomic mass is 79.9. The molecule has 1 aromatic heterocycles. The molecule has 132 valence electrons. The van der Waals surface area contributed by atoms with Gasteiger partial charge in [0.25, 0.3) is 5.69 Å². The number of carbonyl (C=O) groups excluding carboxylic acids is 1. The molecule has 1 aromatic rings. The average molecular weight is 425 g/mol. The van der Waals surface area contributed by atoms with Crippen molar-refractivity contribution in [3.05, 3.63) is 26.9 Å². The summed E-state index contributed by atoms with van der Waals surface area (Å²) in [5, 5.41) is 10.7. The number of ether oxygens (including phenoxy) is 2. The number of halogens is 1. The molecular weight excluding hydrogens is 412 g/mol. The summed E-state index contributed by atoms with van der Waals surface area (Å²) in [4.78, 5) is 25.6. The highest BCUT2D eigenvalue weighted by Crippen LogP contribution is 2.28. The van der Waals surface area contributed by atoms with Crippen LogP contribution in [-0.4, -0.2) is 66.4 Å². The molecule has 24 heavy (non-hydrogen) atoms. The minimum absolute atomic E-state index is 0.0159. The van der Waals surface area contributed by atoms with Crippen molar-refractivity contribution in [2.45, 2.75) is 6.04 Å². The molecule has 0 aromatic carbocycles. The maximum Gasteiger partial charge on any atom is 0.424 e. The lowest BCUT2D eigenvalue weighted by atomic mass is 10.3. The minimum Gasteiger partial charge on any atom is -0.475 e. The van der Waals surface area contributed by atoms with Gasteiger partial charge in [-0.1, -0.05) is 0 Å². The summed E-state index contributed by atoms with van der Waals surface area (Å²) in [6, 6.07) is 0.383. The summed E-state index contributed by atoms with van der Waals surface area (Å²) >= 11 is 3.09. The van der Waals surface area contributed by atoms with Gasteiger partial charge in [-0.25, -0.2) is 9.78 Å². The number of hydrogen-bond donors (Lipinski definition) is 0. The molecule has 0 saturated carbocycles. The van der Waals surface area contributed by atoms with Gasteiger partial charge < -0.3 is 9.47 Å². The molecular formula is C11H13BrN4O7S. The zero-order chi connectivity index (χ0) is 18.1. The van der Waals surface area contributed by atoms with Crippen LogP contribution in [0.2, 0.25) is 0 Å². The molecule has 1 aliphatic heterocycles. The number of aromatic nitrogens is 1. The zero-order valence-electron chi connectivity index (χ0n) is 12.6. The molecule has 1 saturated heterocycles. The van der Waals surface area contributed by atoms with E-state index < -0.39 is 27.3 Å². The molecule has 2 heterocycles. The monoisotopic (exact) mass is 424 g/mol. The smallest absolute Gasteiger partial charge is 0.424 e. The maximum atomic E-state index is 12.1. The third-order valence-corrected chi connectivity index (χ3v) is 5.66. The fourth-order valence-corrected chi connectivity index (χ4v) is 3.93. The van der Waals surface area contributed by atoms with Crippen molar-refractivity contribution in [1.82, 2.24) is 13.6 Å². The number of amides is 1. The Morgan fingerprint density at radius 3 is 2.79 bits per heavy atom. The van der Waals surface area contributed by atoms with Gasteiger partial charge in [-0.15, -0.1) is 0 Å². The van der Waals surface area contributed by atoms with Crippen LogP contribution < -0.4 is 4.74 Å². The Hall–Kier alpha value is -1.99. The van der Waals surface area contributed by atoms with Gasteiger partial charge in [-0.05, 0) is 15.9 Å². The fraction of sp³-hybridized carbons (Fsp3) is 0.455. The summed E-state index contributed by atoms with van der Waals surface area (Å²) in [5.74, 6) is 0.0392. The number of rotatable bonds is 4. The van der Waals surface area contributed by atoms with E-state index in [1.807, 2.05) is 0 Å². The second-order valence-corrected chi connectivity index (χ2v) is 7.52. The molecule has 1 amide bonds. The summed E-state index contributed by atoms with van der Waals surface area (Å²) in [5.41, 5.74) is -0.228. The van der Waals surface area contributed by atoms with Crippen LogP contribution in [0.4, 0.5) is 10.5 Å². The quantitative estimate of drug-likeness (QED) is 0.510. The second kappa shape index (κ2) is 6.86. The Morgan fingerprint density at radius 2 is 2.25 bits per heavy atom. The van der Waals surface area contributed by atoms with Gasteiger partial charge in [0.2, 0.25) is 5.88 Å². The molecule has 0 spiro atoms. The van der Waals surface area contributed by atoms with Crippen LogP contribution in [0.1, 0.15) is 0 Å². The molecule has 1 aliphatic rings. The van der Waals surface area contributed by atoms with Crippen LogP contribution in [0.3, 0.4) is 0 Å². The first-order valence-corrected chi connectivity index (χ1v) is 8.64. The Bertz CT molecular complexity index is 772. The lowest BCUT2D eigenvalue weighted by Crippen LogP contribution is -2.42. The van der Waals surface area contributed by atoms with Gasteiger partial charge in [-0.2, -0.15) is 17.0 Å². The van der Waals surface area contributed by atoms with E-state index in [2.05, 4.69) is 25.7 Å². The number of likely N-dealkylation sites (N-methyl/N-ethyl adjacent to an activating group) is 1. The topological polar surface area (TPSA) is 132 Å². The molecule has 13 heteroatoms. The second-order valence-electron chi connectivity index (χ2n) is 4.76. The first-order valence-electron chi connectivity index (χ1n) is 6.45. The minimum atomic E-state index is -3.97. The zero-order valence-corrected chi connectivity index (χ0v) is 15.0. The van der Waals surface area contributed by atoms with Crippen molar-refractivity contribution in [2.24, 2.45) is 0 Å². The molecule has 2 rings (SSSR count). The van der Waals surface area contributed by atoms with Crippen molar-refractivity contribution >= 4 is 37.9 Å². The standard InChI is InChI=1S/C11H13BrN4O7S/c1-14-5-8(15(11(17)22-2)24(14,20)21)6-23-10-9(12)3-7(4-13-10)16(18)19/h3-4,8H,5-6H2,1-2H3. The van der Waals surface area contributed by atoms with Crippen molar-refractivity contribution in [2.75, 3.05) is 27.3 Å². The van der Waals surface area contributed by atoms with Crippen LogP contribution in [0.25, 0.3) is 0 Å². The molecule has 0 N–H and O–H groups in total. The Morgan fingerprint density at radius 1 is 1.58 bits per heavy atom. The maximum absolute atomic E-state index is 12.1. The first-order chi connectivity index (χ1) is 11.2. The van der Waals surface area contributed by atoms with Gasteiger partial charge >= 0.3 is 16.3 Å². The number of pyridine rings is 1. The third-order valence-electron chi connectivity index (χ3n) is 3.21. The Balaban J connectivity index is 2.16. The van der Waals surface area contributed by atoms with E-state index >= 15 is 0 Å². The molecule has 0 bridgehead atoms. The first kappa shape index (κ1) is 18.4. The van der Waals surface area contributed by atoms with Crippen LogP contribution >= 0.6 is 15.9 Å². The molecule has 1 unspecified atom stereocenters. The van der Waals surface area contributed by atoms with E-state index in [-0.39, 0.29) is 29.2 Å². The highest BCUT2D eigenvalue weighted by molar-refractivity contribution is 9.10. The number of nitro groups is 1. The molecule has 0 radical (unpaired) electrons. The fourth-order valence-electron chi connectivity index (χ4n) is 2.05. The third kappa shape index (κ3) is 3.42. The van der Waals surface area contributed by atoms with Crippen molar-refractivity contribution in [1.29, 1.82) is 0 Å².